The maximum absolute atomic E-state index is 10.7. The molecule has 68 valence electrons. The Labute approximate surface area is 70.8 Å². The molecule has 2 N–H and O–H groups in total. The lowest BCUT2D eigenvalue weighted by atomic mass is 10.0. The molecule has 0 aromatic rings. The summed E-state index contributed by atoms with van der Waals surface area (Å²) < 4.78 is 0. The van der Waals surface area contributed by atoms with Gasteiger partial charge in [0.15, 0.2) is 0 Å². The van der Waals surface area contributed by atoms with Gasteiger partial charge in [0.05, 0.1) is 12.6 Å². The van der Waals surface area contributed by atoms with E-state index in [4.69, 9.17) is 10.2 Å². The molecule has 1 saturated carbocycles. The van der Waals surface area contributed by atoms with Crippen molar-refractivity contribution >= 4 is 6.09 Å². The van der Waals surface area contributed by atoms with E-state index < -0.39 is 6.09 Å². The van der Waals surface area contributed by atoms with Gasteiger partial charge in [-0.25, -0.2) is 4.79 Å². The van der Waals surface area contributed by atoms with Gasteiger partial charge in [-0.1, -0.05) is 0 Å². The molecule has 2 fully saturated rings. The summed E-state index contributed by atoms with van der Waals surface area (Å²) in [5.41, 5.74) is 0.256. The molecule has 4 nitrogen and oxygen atoms in total. The van der Waals surface area contributed by atoms with Crippen molar-refractivity contribution in [2.75, 3.05) is 13.2 Å². The van der Waals surface area contributed by atoms with Crippen LogP contribution in [0.4, 0.5) is 4.79 Å². The molecule has 1 atom stereocenters. The largest absolute Gasteiger partial charge is 0.465 e. The smallest absolute Gasteiger partial charge is 0.407 e. The highest BCUT2D eigenvalue weighted by Crippen LogP contribution is 2.54. The zero-order chi connectivity index (χ0) is 8.77. The van der Waals surface area contributed by atoms with Gasteiger partial charge in [0, 0.05) is 6.54 Å². The highest BCUT2D eigenvalue weighted by Gasteiger charge is 2.53. The van der Waals surface area contributed by atoms with Crippen LogP contribution in [0.2, 0.25) is 0 Å². The van der Waals surface area contributed by atoms with Crippen molar-refractivity contribution in [2.45, 2.75) is 25.3 Å². The molecule has 0 aromatic carbocycles. The minimum atomic E-state index is -0.891. The molecule has 0 aromatic heterocycles. The Morgan fingerprint density at radius 3 is 2.58 bits per heavy atom. The number of hydrogen-bond donors (Lipinski definition) is 2. The first-order chi connectivity index (χ1) is 5.67. The second-order valence-corrected chi connectivity index (χ2v) is 3.95. The van der Waals surface area contributed by atoms with E-state index in [1.54, 1.807) is 0 Å². The quantitative estimate of drug-likeness (QED) is 0.604. The van der Waals surface area contributed by atoms with Crippen LogP contribution in [0.15, 0.2) is 0 Å². The standard InChI is InChI=1S/C8H13NO3/c10-4-6-3-8(1-2-8)5-9(6)7(11)12/h6,10H,1-5H2,(H,11,12)/t6-/m0/s1. The molecular formula is C8H13NO3. The van der Waals surface area contributed by atoms with Crippen LogP contribution in [0.5, 0.6) is 0 Å². The highest BCUT2D eigenvalue weighted by molar-refractivity contribution is 5.66. The molecule has 1 spiro atoms. The summed E-state index contributed by atoms with van der Waals surface area (Å²) in [7, 11) is 0. The third-order valence-corrected chi connectivity index (χ3v) is 3.03. The van der Waals surface area contributed by atoms with E-state index in [1.807, 2.05) is 0 Å². The van der Waals surface area contributed by atoms with Crippen molar-refractivity contribution in [1.29, 1.82) is 0 Å². The van der Waals surface area contributed by atoms with E-state index in [2.05, 4.69) is 0 Å². The lowest BCUT2D eigenvalue weighted by Gasteiger charge is -2.18. The molecule has 1 amide bonds. The number of aliphatic hydroxyl groups excluding tert-OH is 1. The fourth-order valence-electron chi connectivity index (χ4n) is 2.09. The summed E-state index contributed by atoms with van der Waals surface area (Å²) in [5.74, 6) is 0. The number of amides is 1. The van der Waals surface area contributed by atoms with Crippen LogP contribution in [0, 0.1) is 5.41 Å². The maximum atomic E-state index is 10.7. The predicted octanol–water partition coefficient (Wildman–Crippen LogP) is 0.511. The molecule has 1 heterocycles. The first kappa shape index (κ1) is 7.86. The summed E-state index contributed by atoms with van der Waals surface area (Å²) in [6.07, 6.45) is 2.23. The lowest BCUT2D eigenvalue weighted by Crippen LogP contribution is -2.36. The first-order valence-corrected chi connectivity index (χ1v) is 4.27. The minimum Gasteiger partial charge on any atom is -0.465 e. The molecule has 1 aliphatic heterocycles. The maximum Gasteiger partial charge on any atom is 0.407 e. The highest BCUT2D eigenvalue weighted by atomic mass is 16.4. The molecule has 1 aliphatic carbocycles. The average molecular weight is 171 g/mol. The van der Waals surface area contributed by atoms with Gasteiger partial charge < -0.3 is 15.1 Å². The number of hydrogen-bond acceptors (Lipinski definition) is 2. The number of aliphatic hydroxyl groups is 1. The van der Waals surface area contributed by atoms with E-state index in [-0.39, 0.29) is 18.1 Å². The fourth-order valence-corrected chi connectivity index (χ4v) is 2.09. The Morgan fingerprint density at radius 1 is 1.58 bits per heavy atom. The van der Waals surface area contributed by atoms with Crippen molar-refractivity contribution in [1.82, 2.24) is 4.90 Å². The second-order valence-electron chi connectivity index (χ2n) is 3.95. The van der Waals surface area contributed by atoms with Crippen molar-refractivity contribution < 1.29 is 15.0 Å². The zero-order valence-corrected chi connectivity index (χ0v) is 6.86. The topological polar surface area (TPSA) is 60.8 Å². The molecule has 0 bridgehead atoms. The van der Waals surface area contributed by atoms with Gasteiger partial charge in [0.25, 0.3) is 0 Å². The van der Waals surface area contributed by atoms with Crippen LogP contribution in [0.3, 0.4) is 0 Å². The van der Waals surface area contributed by atoms with E-state index >= 15 is 0 Å². The molecule has 2 aliphatic rings. The van der Waals surface area contributed by atoms with Gasteiger partial charge in [-0.3, -0.25) is 0 Å². The normalized spacial score (nSPS) is 31.1. The summed E-state index contributed by atoms with van der Waals surface area (Å²) in [6.45, 7) is 0.599. The van der Waals surface area contributed by atoms with E-state index in [0.29, 0.717) is 6.54 Å². The number of rotatable bonds is 1. The van der Waals surface area contributed by atoms with Crippen LogP contribution >= 0.6 is 0 Å². The third kappa shape index (κ3) is 1.06. The van der Waals surface area contributed by atoms with Gasteiger partial charge in [0.2, 0.25) is 0 Å². The van der Waals surface area contributed by atoms with E-state index in [9.17, 15) is 4.79 Å². The number of carbonyl (C=O) groups is 1. The predicted molar refractivity (Wildman–Crippen MR) is 41.9 cm³/mol. The van der Waals surface area contributed by atoms with Gasteiger partial charge in [-0.05, 0) is 24.7 Å². The third-order valence-electron chi connectivity index (χ3n) is 3.03. The Bertz CT molecular complexity index is 212. The van der Waals surface area contributed by atoms with Gasteiger partial charge in [-0.15, -0.1) is 0 Å². The molecule has 4 heteroatoms. The average Bonchev–Trinajstić information content (AvgIpc) is 2.62. The van der Waals surface area contributed by atoms with Crippen LogP contribution in [-0.2, 0) is 0 Å². The number of nitrogens with zero attached hydrogens (tertiary/aromatic N) is 1. The summed E-state index contributed by atoms with van der Waals surface area (Å²) in [5, 5.41) is 17.7. The SMILES string of the molecule is O=C(O)N1CC2(CC2)C[C@H]1CO. The Balaban J connectivity index is 2.07. The number of carboxylic acid groups (broad SMARTS) is 1. The van der Waals surface area contributed by atoms with Crippen molar-refractivity contribution in [2.24, 2.45) is 5.41 Å². The Kier molecular flexibility index (Phi) is 1.54. The van der Waals surface area contributed by atoms with E-state index in [1.165, 1.54) is 4.90 Å². The fraction of sp³-hybridized carbons (Fsp3) is 0.875. The van der Waals surface area contributed by atoms with Crippen LogP contribution < -0.4 is 0 Å². The number of likely N-dealkylation sites (tertiary alicyclic amines) is 1. The molecule has 12 heavy (non-hydrogen) atoms. The van der Waals surface area contributed by atoms with Gasteiger partial charge >= 0.3 is 6.09 Å². The Morgan fingerprint density at radius 2 is 2.25 bits per heavy atom. The molecule has 2 rings (SSSR count). The summed E-state index contributed by atoms with van der Waals surface area (Å²) >= 11 is 0. The Hall–Kier alpha value is -0.770. The van der Waals surface area contributed by atoms with Crippen molar-refractivity contribution in [3.8, 4) is 0 Å². The van der Waals surface area contributed by atoms with Crippen molar-refractivity contribution in [3.05, 3.63) is 0 Å². The van der Waals surface area contributed by atoms with Crippen LogP contribution in [0.1, 0.15) is 19.3 Å². The second kappa shape index (κ2) is 2.36. The zero-order valence-electron chi connectivity index (χ0n) is 6.86. The minimum absolute atomic E-state index is 0.0337. The van der Waals surface area contributed by atoms with Gasteiger partial charge in [0.1, 0.15) is 0 Å². The lowest BCUT2D eigenvalue weighted by molar-refractivity contribution is 0.118. The molecule has 1 saturated heterocycles. The summed E-state index contributed by atoms with van der Waals surface area (Å²) in [4.78, 5) is 12.1. The van der Waals surface area contributed by atoms with Crippen molar-refractivity contribution in [3.63, 3.8) is 0 Å². The molecule has 0 unspecified atom stereocenters. The molecule has 0 radical (unpaired) electrons. The monoisotopic (exact) mass is 171 g/mol. The summed E-state index contributed by atoms with van der Waals surface area (Å²) in [6, 6.07) is -0.148. The first-order valence-electron chi connectivity index (χ1n) is 4.27. The van der Waals surface area contributed by atoms with Crippen LogP contribution in [0.25, 0.3) is 0 Å². The molecular weight excluding hydrogens is 158 g/mol. The van der Waals surface area contributed by atoms with Crippen LogP contribution in [-0.4, -0.2) is 40.4 Å². The van der Waals surface area contributed by atoms with Gasteiger partial charge in [-0.2, -0.15) is 0 Å². The van der Waals surface area contributed by atoms with E-state index in [0.717, 1.165) is 19.3 Å².